The number of hydrogen-bond acceptors (Lipinski definition) is 3. The molecule has 2 aromatic rings. The summed E-state index contributed by atoms with van der Waals surface area (Å²) in [5.41, 5.74) is 1.99. The number of hydrogen-bond donors (Lipinski definition) is 0. The van der Waals surface area contributed by atoms with Crippen molar-refractivity contribution in [1.82, 2.24) is 4.98 Å². The summed E-state index contributed by atoms with van der Waals surface area (Å²) < 4.78 is 0.903. The average molecular weight is 296 g/mol. The predicted molar refractivity (Wildman–Crippen MR) is 69.0 cm³/mol. The van der Waals surface area contributed by atoms with Crippen LogP contribution >= 0.6 is 27.3 Å². The SMILES string of the molecule is Cc1ccsc1C(=O)Cc1cncc(Br)c1. The van der Waals surface area contributed by atoms with Gasteiger partial charge in [0.15, 0.2) is 5.78 Å². The van der Waals surface area contributed by atoms with E-state index in [4.69, 9.17) is 0 Å². The van der Waals surface area contributed by atoms with Crippen LogP contribution in [-0.2, 0) is 6.42 Å². The van der Waals surface area contributed by atoms with E-state index in [0.717, 1.165) is 20.5 Å². The van der Waals surface area contributed by atoms with Gasteiger partial charge in [0.2, 0.25) is 0 Å². The van der Waals surface area contributed by atoms with Crippen LogP contribution in [-0.4, -0.2) is 10.8 Å². The first-order valence-electron chi connectivity index (χ1n) is 4.83. The summed E-state index contributed by atoms with van der Waals surface area (Å²) in [6.07, 6.45) is 3.85. The highest BCUT2D eigenvalue weighted by atomic mass is 79.9. The molecule has 4 heteroatoms. The summed E-state index contributed by atoms with van der Waals surface area (Å²) in [6.45, 7) is 1.96. The lowest BCUT2D eigenvalue weighted by Crippen LogP contribution is -2.03. The van der Waals surface area contributed by atoms with Crippen LogP contribution in [0.5, 0.6) is 0 Å². The molecule has 0 amide bonds. The maximum absolute atomic E-state index is 12.0. The van der Waals surface area contributed by atoms with Crippen LogP contribution in [0.3, 0.4) is 0 Å². The lowest BCUT2D eigenvalue weighted by Gasteiger charge is -2.00. The molecule has 0 bridgehead atoms. The summed E-state index contributed by atoms with van der Waals surface area (Å²) in [5, 5.41) is 1.95. The van der Waals surface area contributed by atoms with Crippen LogP contribution < -0.4 is 0 Å². The number of aryl methyl sites for hydroxylation is 1. The highest BCUT2D eigenvalue weighted by molar-refractivity contribution is 9.10. The van der Waals surface area contributed by atoms with Crippen molar-refractivity contribution >= 4 is 33.0 Å². The number of ketones is 1. The molecule has 0 radical (unpaired) electrons. The van der Waals surface area contributed by atoms with Gasteiger partial charge in [-0.15, -0.1) is 11.3 Å². The number of thiophene rings is 1. The molecule has 0 N–H and O–H groups in total. The van der Waals surface area contributed by atoms with Crippen LogP contribution in [0.4, 0.5) is 0 Å². The van der Waals surface area contributed by atoms with Gasteiger partial charge in [-0.3, -0.25) is 9.78 Å². The minimum absolute atomic E-state index is 0.160. The van der Waals surface area contributed by atoms with Crippen LogP contribution in [0.15, 0.2) is 34.4 Å². The number of pyridine rings is 1. The first-order valence-corrected chi connectivity index (χ1v) is 6.51. The Bertz CT molecular complexity index is 521. The molecule has 0 aliphatic heterocycles. The maximum Gasteiger partial charge on any atom is 0.177 e. The number of carbonyl (C=O) groups is 1. The molecule has 2 nitrogen and oxygen atoms in total. The van der Waals surface area contributed by atoms with Crippen LogP contribution in [0.25, 0.3) is 0 Å². The third-order valence-electron chi connectivity index (χ3n) is 2.24. The highest BCUT2D eigenvalue weighted by Gasteiger charge is 2.11. The molecule has 2 aromatic heterocycles. The van der Waals surface area contributed by atoms with Gasteiger partial charge in [0.05, 0.1) is 4.88 Å². The van der Waals surface area contributed by atoms with Crippen molar-refractivity contribution in [3.63, 3.8) is 0 Å². The molecule has 0 atom stereocenters. The molecule has 16 heavy (non-hydrogen) atoms. The van der Waals surface area contributed by atoms with E-state index in [1.165, 1.54) is 11.3 Å². The number of rotatable bonds is 3. The van der Waals surface area contributed by atoms with Gasteiger partial charge in [0.25, 0.3) is 0 Å². The summed E-state index contributed by atoms with van der Waals surface area (Å²) in [5.74, 6) is 0.160. The molecule has 2 heterocycles. The van der Waals surface area contributed by atoms with E-state index in [-0.39, 0.29) is 5.78 Å². The van der Waals surface area contributed by atoms with Crippen molar-refractivity contribution in [1.29, 1.82) is 0 Å². The Kier molecular flexibility index (Phi) is 3.51. The third-order valence-corrected chi connectivity index (χ3v) is 3.73. The lowest BCUT2D eigenvalue weighted by atomic mass is 10.1. The zero-order chi connectivity index (χ0) is 11.5. The number of halogens is 1. The molecule has 0 unspecified atom stereocenters. The van der Waals surface area contributed by atoms with Crippen molar-refractivity contribution in [2.24, 2.45) is 0 Å². The van der Waals surface area contributed by atoms with Crippen LogP contribution in [0.2, 0.25) is 0 Å². The summed E-state index contributed by atoms with van der Waals surface area (Å²) >= 11 is 4.84. The van der Waals surface area contributed by atoms with Gasteiger partial charge in [-0.1, -0.05) is 0 Å². The Morgan fingerprint density at radius 1 is 1.50 bits per heavy atom. The molecule has 0 spiro atoms. The molecule has 0 saturated heterocycles. The first kappa shape index (κ1) is 11.5. The topological polar surface area (TPSA) is 30.0 Å². The number of carbonyl (C=O) groups excluding carboxylic acids is 1. The van der Waals surface area contributed by atoms with Gasteiger partial charge in [0.1, 0.15) is 0 Å². The molecule has 2 rings (SSSR count). The second-order valence-corrected chi connectivity index (χ2v) is 5.38. The van der Waals surface area contributed by atoms with E-state index in [9.17, 15) is 4.79 Å². The maximum atomic E-state index is 12.0. The van der Waals surface area contributed by atoms with E-state index in [0.29, 0.717) is 6.42 Å². The third kappa shape index (κ3) is 2.57. The second kappa shape index (κ2) is 4.89. The minimum atomic E-state index is 0.160. The zero-order valence-electron chi connectivity index (χ0n) is 8.74. The van der Waals surface area contributed by atoms with Crippen molar-refractivity contribution in [2.45, 2.75) is 13.3 Å². The molecule has 0 aliphatic rings. The van der Waals surface area contributed by atoms with Gasteiger partial charge in [-0.25, -0.2) is 0 Å². The first-order chi connectivity index (χ1) is 7.66. The molecule has 82 valence electrons. The summed E-state index contributed by atoms with van der Waals surface area (Å²) in [6, 6.07) is 3.89. The smallest absolute Gasteiger partial charge is 0.177 e. The highest BCUT2D eigenvalue weighted by Crippen LogP contribution is 2.19. The van der Waals surface area contributed by atoms with Crippen molar-refractivity contribution in [3.05, 3.63) is 50.4 Å². The lowest BCUT2D eigenvalue weighted by molar-refractivity contribution is 0.0996. The monoisotopic (exact) mass is 295 g/mol. The predicted octanol–water partition coefficient (Wildman–Crippen LogP) is 3.64. The van der Waals surface area contributed by atoms with Gasteiger partial charge >= 0.3 is 0 Å². The van der Waals surface area contributed by atoms with Gasteiger partial charge in [-0.05, 0) is 51.5 Å². The van der Waals surface area contributed by atoms with Crippen molar-refractivity contribution in [2.75, 3.05) is 0 Å². The van der Waals surface area contributed by atoms with E-state index in [2.05, 4.69) is 20.9 Å². The molecule has 0 saturated carbocycles. The summed E-state index contributed by atoms with van der Waals surface area (Å²) in [7, 11) is 0. The largest absolute Gasteiger partial charge is 0.293 e. The Morgan fingerprint density at radius 2 is 2.31 bits per heavy atom. The van der Waals surface area contributed by atoms with Crippen LogP contribution in [0, 0.1) is 6.92 Å². The Morgan fingerprint density at radius 3 is 2.94 bits per heavy atom. The van der Waals surface area contributed by atoms with Gasteiger partial charge in [-0.2, -0.15) is 0 Å². The average Bonchev–Trinajstić information content (AvgIpc) is 2.64. The van der Waals surface area contributed by atoms with Crippen molar-refractivity contribution < 1.29 is 4.79 Å². The van der Waals surface area contributed by atoms with E-state index in [1.54, 1.807) is 12.4 Å². The Balaban J connectivity index is 2.17. The standard InChI is InChI=1S/C12H10BrNOS/c1-8-2-3-16-12(8)11(15)5-9-4-10(13)7-14-6-9/h2-4,6-7H,5H2,1H3. The normalized spacial score (nSPS) is 10.4. The molecule has 0 aromatic carbocycles. The molecular weight excluding hydrogens is 286 g/mol. The number of Topliss-reactive ketones (excluding diaryl/α,β-unsaturated/α-hetero) is 1. The van der Waals surface area contributed by atoms with Crippen molar-refractivity contribution in [3.8, 4) is 0 Å². The second-order valence-electron chi connectivity index (χ2n) is 3.54. The minimum Gasteiger partial charge on any atom is -0.293 e. The number of aromatic nitrogens is 1. The van der Waals surface area contributed by atoms with E-state index < -0.39 is 0 Å². The fraction of sp³-hybridized carbons (Fsp3) is 0.167. The van der Waals surface area contributed by atoms with Gasteiger partial charge in [0, 0.05) is 23.3 Å². The zero-order valence-corrected chi connectivity index (χ0v) is 11.1. The quantitative estimate of drug-likeness (QED) is 0.809. The Labute approximate surface area is 106 Å². The van der Waals surface area contributed by atoms with E-state index >= 15 is 0 Å². The summed E-state index contributed by atoms with van der Waals surface area (Å²) in [4.78, 5) is 16.9. The molecule has 0 aliphatic carbocycles. The molecule has 0 fully saturated rings. The van der Waals surface area contributed by atoms with E-state index in [1.807, 2.05) is 24.4 Å². The van der Waals surface area contributed by atoms with Gasteiger partial charge < -0.3 is 0 Å². The fourth-order valence-corrected chi connectivity index (χ4v) is 2.75. The molecular formula is C12H10BrNOS. The number of nitrogens with zero attached hydrogens (tertiary/aromatic N) is 1. The Hall–Kier alpha value is -1.00. The van der Waals surface area contributed by atoms with Crippen LogP contribution in [0.1, 0.15) is 20.8 Å². The fourth-order valence-electron chi connectivity index (χ4n) is 1.48.